The van der Waals surface area contributed by atoms with Gasteiger partial charge in [-0.25, -0.2) is 17.2 Å². The fourth-order valence-corrected chi connectivity index (χ4v) is 4.83. The molecule has 1 amide bonds. The highest BCUT2D eigenvalue weighted by Crippen LogP contribution is 2.24. The highest BCUT2D eigenvalue weighted by Gasteiger charge is 2.29. The summed E-state index contributed by atoms with van der Waals surface area (Å²) < 4.78 is 54.3. The molecular weight excluding hydrogens is 426 g/mol. The molecule has 2 N–H and O–H groups in total. The van der Waals surface area contributed by atoms with Gasteiger partial charge in [0.15, 0.2) is 0 Å². The van der Waals surface area contributed by atoms with Crippen LogP contribution in [0, 0.1) is 11.6 Å². The van der Waals surface area contributed by atoms with Gasteiger partial charge in [-0.15, -0.1) is 0 Å². The first-order chi connectivity index (χ1) is 13.7. The summed E-state index contributed by atoms with van der Waals surface area (Å²) in [5.74, 6) is -2.34. The number of halogens is 3. The van der Waals surface area contributed by atoms with E-state index >= 15 is 0 Å². The van der Waals surface area contributed by atoms with Crippen molar-refractivity contribution in [3.05, 3.63) is 58.6 Å². The maximum Gasteiger partial charge on any atom is 0.255 e. The molecule has 1 atom stereocenters. The fraction of sp³-hybridized carbons (Fsp3) is 0.316. The van der Waals surface area contributed by atoms with E-state index in [0.717, 1.165) is 28.6 Å². The number of β-amino-alcohol motifs (C(OH)–C–C–N with tert-alkyl or cyclic N) is 1. The number of nitrogens with one attached hydrogen (secondary N) is 1. The maximum absolute atomic E-state index is 14.1. The van der Waals surface area contributed by atoms with E-state index in [-0.39, 0.29) is 34.3 Å². The Morgan fingerprint density at radius 3 is 2.66 bits per heavy atom. The van der Waals surface area contributed by atoms with Gasteiger partial charge in [0.1, 0.15) is 11.6 Å². The SMILES string of the molecule is O=C(Nc1ccc(F)c(Cl)c1)c1cc(F)cc(S(=O)(=O)N2CCCCC(O)C2)c1. The van der Waals surface area contributed by atoms with E-state index in [4.69, 9.17) is 11.6 Å². The maximum atomic E-state index is 14.1. The molecule has 0 bridgehead atoms. The quantitative estimate of drug-likeness (QED) is 0.756. The Balaban J connectivity index is 1.88. The van der Waals surface area contributed by atoms with E-state index in [1.54, 1.807) is 0 Å². The summed E-state index contributed by atoms with van der Waals surface area (Å²) >= 11 is 5.67. The van der Waals surface area contributed by atoms with Crippen molar-refractivity contribution in [2.24, 2.45) is 0 Å². The van der Waals surface area contributed by atoms with Gasteiger partial charge >= 0.3 is 0 Å². The second kappa shape index (κ2) is 8.74. The average Bonchev–Trinajstić information content (AvgIpc) is 2.89. The Labute approximate surface area is 172 Å². The molecule has 0 radical (unpaired) electrons. The lowest BCUT2D eigenvalue weighted by molar-refractivity contribution is 0.102. The molecule has 2 aromatic rings. The lowest BCUT2D eigenvalue weighted by Gasteiger charge is -2.22. The number of hydrogen-bond donors (Lipinski definition) is 2. The van der Waals surface area contributed by atoms with E-state index in [0.29, 0.717) is 19.3 Å². The molecule has 10 heteroatoms. The van der Waals surface area contributed by atoms with E-state index in [1.807, 2.05) is 0 Å². The third-order valence-electron chi connectivity index (χ3n) is 4.56. The zero-order valence-corrected chi connectivity index (χ0v) is 16.8. The van der Waals surface area contributed by atoms with Gasteiger partial charge in [0.25, 0.3) is 5.91 Å². The van der Waals surface area contributed by atoms with Gasteiger partial charge in [-0.3, -0.25) is 4.79 Å². The third kappa shape index (κ3) is 5.11. The van der Waals surface area contributed by atoms with Crippen molar-refractivity contribution in [1.82, 2.24) is 4.31 Å². The number of amides is 1. The topological polar surface area (TPSA) is 86.7 Å². The number of sulfonamides is 1. The number of anilines is 1. The first-order valence-electron chi connectivity index (χ1n) is 8.92. The van der Waals surface area contributed by atoms with Gasteiger partial charge in [-0.2, -0.15) is 4.31 Å². The van der Waals surface area contributed by atoms with Crippen molar-refractivity contribution in [3.8, 4) is 0 Å². The first kappa shape index (κ1) is 21.6. The molecule has 1 unspecified atom stereocenters. The Kier molecular flexibility index (Phi) is 6.52. The van der Waals surface area contributed by atoms with Gasteiger partial charge in [0.2, 0.25) is 10.0 Å². The average molecular weight is 445 g/mol. The summed E-state index contributed by atoms with van der Waals surface area (Å²) in [6.45, 7) is 0.111. The molecule has 29 heavy (non-hydrogen) atoms. The molecule has 0 saturated carbocycles. The molecule has 6 nitrogen and oxygen atoms in total. The smallest absolute Gasteiger partial charge is 0.255 e. The predicted molar refractivity (Wildman–Crippen MR) is 104 cm³/mol. The highest BCUT2D eigenvalue weighted by molar-refractivity contribution is 7.89. The van der Waals surface area contributed by atoms with Crippen LogP contribution >= 0.6 is 11.6 Å². The Hall–Kier alpha value is -2.07. The van der Waals surface area contributed by atoms with Crippen molar-refractivity contribution in [3.63, 3.8) is 0 Å². The van der Waals surface area contributed by atoms with Gasteiger partial charge < -0.3 is 10.4 Å². The lowest BCUT2D eigenvalue weighted by atomic mass is 10.2. The van der Waals surface area contributed by atoms with Crippen LogP contribution in [-0.4, -0.2) is 42.9 Å². The molecule has 156 valence electrons. The second-order valence-electron chi connectivity index (χ2n) is 6.77. The van der Waals surface area contributed by atoms with Crippen LogP contribution in [0.4, 0.5) is 14.5 Å². The zero-order valence-electron chi connectivity index (χ0n) is 15.2. The van der Waals surface area contributed by atoms with Gasteiger partial charge in [-0.05, 0) is 55.7 Å². The van der Waals surface area contributed by atoms with Crippen molar-refractivity contribution in [1.29, 1.82) is 0 Å². The number of carbonyl (C=O) groups excluding carboxylic acids is 1. The van der Waals surface area contributed by atoms with Crippen molar-refractivity contribution >= 4 is 33.2 Å². The monoisotopic (exact) mass is 444 g/mol. The van der Waals surface area contributed by atoms with E-state index < -0.39 is 33.7 Å². The van der Waals surface area contributed by atoms with Crippen molar-refractivity contribution < 1.29 is 27.1 Å². The minimum Gasteiger partial charge on any atom is -0.392 e. The van der Waals surface area contributed by atoms with Crippen LogP contribution in [0.15, 0.2) is 41.3 Å². The summed E-state index contributed by atoms with van der Waals surface area (Å²) in [6.07, 6.45) is 0.948. The largest absolute Gasteiger partial charge is 0.392 e. The standard InChI is InChI=1S/C19H19ClF2N2O4S/c20-17-10-14(4-5-18(17)22)23-19(26)12-7-13(21)9-16(8-12)29(27,28)24-6-2-1-3-15(25)11-24/h4-5,7-10,15,25H,1-3,6,11H2,(H,23,26). The first-order valence-corrected chi connectivity index (χ1v) is 10.7. The summed E-state index contributed by atoms with van der Waals surface area (Å²) in [4.78, 5) is 12.1. The van der Waals surface area contributed by atoms with Gasteiger partial charge in [0, 0.05) is 24.3 Å². The van der Waals surface area contributed by atoms with E-state index in [1.165, 1.54) is 12.1 Å². The van der Waals surface area contributed by atoms with Crippen LogP contribution in [-0.2, 0) is 10.0 Å². The number of aliphatic hydroxyl groups is 1. The normalized spacial score (nSPS) is 18.3. The van der Waals surface area contributed by atoms with Gasteiger partial charge in [0.05, 0.1) is 16.0 Å². The summed E-state index contributed by atoms with van der Waals surface area (Å²) in [5.41, 5.74) is -0.0508. The number of benzene rings is 2. The zero-order chi connectivity index (χ0) is 21.2. The molecule has 0 aromatic heterocycles. The number of rotatable bonds is 4. The van der Waals surface area contributed by atoms with Crippen LogP contribution in [0.25, 0.3) is 0 Å². The molecule has 1 aliphatic heterocycles. The molecule has 0 aliphatic carbocycles. The number of hydrogen-bond acceptors (Lipinski definition) is 4. The van der Waals surface area contributed by atoms with Crippen LogP contribution in [0.2, 0.25) is 5.02 Å². The van der Waals surface area contributed by atoms with Crippen LogP contribution in [0.5, 0.6) is 0 Å². The Bertz CT molecular complexity index is 1030. The predicted octanol–water partition coefficient (Wildman–Crippen LogP) is 3.41. The fourth-order valence-electron chi connectivity index (χ4n) is 3.07. The number of carbonyl (C=O) groups is 1. The van der Waals surface area contributed by atoms with Crippen molar-refractivity contribution in [2.45, 2.75) is 30.3 Å². The van der Waals surface area contributed by atoms with Gasteiger partial charge in [-0.1, -0.05) is 11.6 Å². The molecule has 1 saturated heterocycles. The summed E-state index contributed by atoms with van der Waals surface area (Å²) in [7, 11) is -4.10. The number of aliphatic hydroxyl groups excluding tert-OH is 1. The molecule has 1 fully saturated rings. The summed E-state index contributed by atoms with van der Waals surface area (Å²) in [5, 5.41) is 12.1. The van der Waals surface area contributed by atoms with Crippen molar-refractivity contribution in [2.75, 3.05) is 18.4 Å². The van der Waals surface area contributed by atoms with E-state index in [9.17, 15) is 27.1 Å². The van der Waals surface area contributed by atoms with E-state index in [2.05, 4.69) is 5.32 Å². The Morgan fingerprint density at radius 2 is 1.93 bits per heavy atom. The summed E-state index contributed by atoms with van der Waals surface area (Å²) in [6, 6.07) is 6.31. The van der Waals surface area contributed by atoms with Crippen LogP contribution in [0.1, 0.15) is 29.6 Å². The minimum absolute atomic E-state index is 0.0888. The minimum atomic E-state index is -4.10. The molecular formula is C19H19ClF2N2O4S. The molecule has 2 aromatic carbocycles. The third-order valence-corrected chi connectivity index (χ3v) is 6.69. The number of nitrogens with zero attached hydrogens (tertiary/aromatic N) is 1. The van der Waals surface area contributed by atoms with Crippen LogP contribution in [0.3, 0.4) is 0 Å². The molecule has 3 rings (SSSR count). The van der Waals surface area contributed by atoms with Crippen LogP contribution < -0.4 is 5.32 Å². The second-order valence-corrected chi connectivity index (χ2v) is 9.12. The highest BCUT2D eigenvalue weighted by atomic mass is 35.5. The molecule has 0 spiro atoms. The molecule has 1 aliphatic rings. The molecule has 1 heterocycles. The lowest BCUT2D eigenvalue weighted by Crippen LogP contribution is -2.36. The Morgan fingerprint density at radius 1 is 1.17 bits per heavy atom.